The minimum atomic E-state index is -0.574. The Morgan fingerprint density at radius 2 is 1.88 bits per heavy atom. The summed E-state index contributed by atoms with van der Waals surface area (Å²) in [6, 6.07) is 5.99. The molecule has 1 saturated carbocycles. The Morgan fingerprint density at radius 3 is 2.52 bits per heavy atom. The van der Waals surface area contributed by atoms with Gasteiger partial charge in [-0.15, -0.1) is 0 Å². The van der Waals surface area contributed by atoms with Gasteiger partial charge in [-0.05, 0) is 69.5 Å². The zero-order valence-electron chi connectivity index (χ0n) is 14.7. The first-order valence-corrected chi connectivity index (χ1v) is 9.14. The zero-order chi connectivity index (χ0) is 17.8. The van der Waals surface area contributed by atoms with Crippen LogP contribution < -0.4 is 10.1 Å². The van der Waals surface area contributed by atoms with Gasteiger partial charge in [-0.1, -0.05) is 0 Å². The molecule has 1 saturated heterocycles. The van der Waals surface area contributed by atoms with Crippen molar-refractivity contribution in [2.24, 2.45) is 5.92 Å². The Morgan fingerprint density at radius 1 is 1.20 bits per heavy atom. The van der Waals surface area contributed by atoms with Crippen molar-refractivity contribution < 1.29 is 19.0 Å². The van der Waals surface area contributed by atoms with Crippen molar-refractivity contribution in [1.29, 1.82) is 0 Å². The van der Waals surface area contributed by atoms with E-state index in [2.05, 4.69) is 10.2 Å². The second-order valence-electron chi connectivity index (χ2n) is 7.02. The van der Waals surface area contributed by atoms with Crippen molar-refractivity contribution in [2.75, 3.05) is 20.1 Å². The van der Waals surface area contributed by atoms with Gasteiger partial charge in [0.25, 0.3) is 0 Å². The number of halogens is 1. The lowest BCUT2D eigenvalue weighted by Crippen LogP contribution is -2.55. The van der Waals surface area contributed by atoms with Crippen LogP contribution in [-0.2, 0) is 4.79 Å². The average Bonchev–Trinajstić information content (AvgIpc) is 2.65. The van der Waals surface area contributed by atoms with Gasteiger partial charge in [-0.2, -0.15) is 0 Å². The minimum absolute atomic E-state index is 0.0600. The SMILES string of the molecule is CNC(=O)C1CCN([C@H]2CCC[C@@H](Oc3ccc(F)cc3)[C@@H]2O)CC1. The molecule has 0 radical (unpaired) electrons. The van der Waals surface area contributed by atoms with Gasteiger partial charge in [-0.3, -0.25) is 9.69 Å². The van der Waals surface area contributed by atoms with E-state index >= 15 is 0 Å². The van der Waals surface area contributed by atoms with E-state index in [0.29, 0.717) is 5.75 Å². The summed E-state index contributed by atoms with van der Waals surface area (Å²) in [5.74, 6) is 0.479. The molecule has 1 aliphatic heterocycles. The predicted octanol–water partition coefficient (Wildman–Crippen LogP) is 1.94. The van der Waals surface area contributed by atoms with Crippen LogP contribution in [0.15, 0.2) is 24.3 Å². The third kappa shape index (κ3) is 4.30. The van der Waals surface area contributed by atoms with E-state index in [-0.39, 0.29) is 29.8 Å². The molecule has 138 valence electrons. The van der Waals surface area contributed by atoms with Crippen molar-refractivity contribution in [2.45, 2.75) is 50.4 Å². The maximum atomic E-state index is 13.0. The van der Waals surface area contributed by atoms with Crippen LogP contribution in [0.4, 0.5) is 4.39 Å². The first-order valence-electron chi connectivity index (χ1n) is 9.14. The van der Waals surface area contributed by atoms with Gasteiger partial charge in [-0.25, -0.2) is 4.39 Å². The second-order valence-corrected chi connectivity index (χ2v) is 7.02. The van der Waals surface area contributed by atoms with Crippen LogP contribution in [0.2, 0.25) is 0 Å². The Balaban J connectivity index is 1.57. The molecule has 0 bridgehead atoms. The van der Waals surface area contributed by atoms with Gasteiger partial charge < -0.3 is 15.2 Å². The molecule has 0 aromatic heterocycles. The molecule has 1 aromatic rings. The number of aliphatic hydroxyl groups is 1. The van der Waals surface area contributed by atoms with Gasteiger partial charge in [0.15, 0.2) is 0 Å². The molecular weight excluding hydrogens is 323 g/mol. The van der Waals surface area contributed by atoms with Gasteiger partial charge in [0.05, 0.1) is 0 Å². The highest BCUT2D eigenvalue weighted by atomic mass is 19.1. The summed E-state index contributed by atoms with van der Waals surface area (Å²) in [4.78, 5) is 14.1. The van der Waals surface area contributed by atoms with Crippen LogP contribution in [0.1, 0.15) is 32.1 Å². The minimum Gasteiger partial charge on any atom is -0.488 e. The smallest absolute Gasteiger partial charge is 0.222 e. The number of hydrogen-bond acceptors (Lipinski definition) is 4. The van der Waals surface area contributed by atoms with Gasteiger partial charge in [0.1, 0.15) is 23.8 Å². The van der Waals surface area contributed by atoms with Crippen LogP contribution >= 0.6 is 0 Å². The normalized spacial score (nSPS) is 28.5. The highest BCUT2D eigenvalue weighted by Gasteiger charge is 2.38. The maximum absolute atomic E-state index is 13.0. The molecule has 1 heterocycles. The van der Waals surface area contributed by atoms with Gasteiger partial charge >= 0.3 is 0 Å². The number of amides is 1. The summed E-state index contributed by atoms with van der Waals surface area (Å²) >= 11 is 0. The molecule has 5 nitrogen and oxygen atoms in total. The Kier molecular flexibility index (Phi) is 5.91. The number of benzene rings is 1. The molecule has 25 heavy (non-hydrogen) atoms. The standard InChI is InChI=1S/C19H27FN2O3/c1-21-19(24)13-9-11-22(12-10-13)16-3-2-4-17(18(16)23)25-15-7-5-14(20)6-8-15/h5-8,13,16-18,23H,2-4,9-12H2,1H3,(H,21,24)/t16-,17+,18+/m0/s1. The quantitative estimate of drug-likeness (QED) is 0.871. The highest BCUT2D eigenvalue weighted by molar-refractivity contribution is 5.78. The van der Waals surface area contributed by atoms with Crippen LogP contribution in [0, 0.1) is 11.7 Å². The largest absolute Gasteiger partial charge is 0.488 e. The molecule has 6 heteroatoms. The van der Waals surface area contributed by atoms with Crippen LogP contribution in [0.5, 0.6) is 5.75 Å². The first-order chi connectivity index (χ1) is 12.1. The number of carbonyl (C=O) groups is 1. The number of likely N-dealkylation sites (tertiary alicyclic amines) is 1. The summed E-state index contributed by atoms with van der Waals surface area (Å²) in [7, 11) is 1.68. The second kappa shape index (κ2) is 8.15. The average molecular weight is 350 g/mol. The molecule has 3 atom stereocenters. The molecule has 2 fully saturated rings. The van der Waals surface area contributed by atoms with E-state index in [1.807, 2.05) is 0 Å². The Labute approximate surface area is 148 Å². The van der Waals surface area contributed by atoms with E-state index < -0.39 is 6.10 Å². The molecule has 3 rings (SSSR count). The van der Waals surface area contributed by atoms with E-state index in [1.165, 1.54) is 12.1 Å². The van der Waals surface area contributed by atoms with E-state index in [9.17, 15) is 14.3 Å². The van der Waals surface area contributed by atoms with Crippen LogP contribution in [-0.4, -0.2) is 54.3 Å². The van der Waals surface area contributed by atoms with Crippen molar-refractivity contribution >= 4 is 5.91 Å². The fraction of sp³-hybridized carbons (Fsp3) is 0.632. The van der Waals surface area contributed by atoms with Gasteiger partial charge in [0.2, 0.25) is 5.91 Å². The summed E-state index contributed by atoms with van der Waals surface area (Å²) in [5, 5.41) is 13.5. The monoisotopic (exact) mass is 350 g/mol. The molecule has 1 aliphatic carbocycles. The summed E-state index contributed by atoms with van der Waals surface area (Å²) in [6.07, 6.45) is 3.52. The molecule has 2 aliphatic rings. The van der Waals surface area contributed by atoms with E-state index in [0.717, 1.165) is 45.2 Å². The molecule has 2 N–H and O–H groups in total. The van der Waals surface area contributed by atoms with E-state index in [4.69, 9.17) is 4.74 Å². The lowest BCUT2D eigenvalue weighted by Gasteiger charge is -2.43. The highest BCUT2D eigenvalue weighted by Crippen LogP contribution is 2.30. The van der Waals surface area contributed by atoms with Crippen molar-refractivity contribution in [3.8, 4) is 5.75 Å². The number of nitrogens with zero attached hydrogens (tertiary/aromatic N) is 1. The molecular formula is C19H27FN2O3. The van der Waals surface area contributed by atoms with Crippen LogP contribution in [0.25, 0.3) is 0 Å². The number of hydrogen-bond donors (Lipinski definition) is 2. The third-order valence-corrected chi connectivity index (χ3v) is 5.48. The zero-order valence-corrected chi connectivity index (χ0v) is 14.7. The number of rotatable bonds is 4. The number of carbonyl (C=O) groups excluding carboxylic acids is 1. The van der Waals surface area contributed by atoms with Gasteiger partial charge in [0, 0.05) is 19.0 Å². The third-order valence-electron chi connectivity index (χ3n) is 5.48. The molecule has 0 spiro atoms. The van der Waals surface area contributed by atoms with Crippen molar-refractivity contribution in [3.63, 3.8) is 0 Å². The number of nitrogens with one attached hydrogen (secondary N) is 1. The first kappa shape index (κ1) is 18.1. The molecule has 0 unspecified atom stereocenters. The fourth-order valence-electron chi connectivity index (χ4n) is 4.03. The lowest BCUT2D eigenvalue weighted by atomic mass is 9.86. The summed E-state index contributed by atoms with van der Waals surface area (Å²) in [6.45, 7) is 1.65. The summed E-state index contributed by atoms with van der Waals surface area (Å²) in [5.41, 5.74) is 0. The number of aliphatic hydroxyl groups excluding tert-OH is 1. The van der Waals surface area contributed by atoms with E-state index in [1.54, 1.807) is 19.2 Å². The lowest BCUT2D eigenvalue weighted by molar-refractivity contribution is -0.126. The molecule has 1 aromatic carbocycles. The number of piperidine rings is 1. The fourth-order valence-corrected chi connectivity index (χ4v) is 4.03. The Bertz CT molecular complexity index is 573. The summed E-state index contributed by atoms with van der Waals surface area (Å²) < 4.78 is 18.9. The number of ether oxygens (including phenoxy) is 1. The van der Waals surface area contributed by atoms with Crippen molar-refractivity contribution in [3.05, 3.63) is 30.1 Å². The van der Waals surface area contributed by atoms with Crippen molar-refractivity contribution in [1.82, 2.24) is 10.2 Å². The maximum Gasteiger partial charge on any atom is 0.222 e. The molecule has 1 amide bonds. The topological polar surface area (TPSA) is 61.8 Å². The predicted molar refractivity (Wildman–Crippen MR) is 92.8 cm³/mol. The Hall–Kier alpha value is -1.66. The van der Waals surface area contributed by atoms with Crippen LogP contribution in [0.3, 0.4) is 0 Å².